The lowest BCUT2D eigenvalue weighted by molar-refractivity contribution is 0.228. The summed E-state index contributed by atoms with van der Waals surface area (Å²) in [5.74, 6) is 0.877. The predicted octanol–water partition coefficient (Wildman–Crippen LogP) is 1.97. The van der Waals surface area contributed by atoms with Crippen LogP contribution in [0.5, 0.6) is 11.5 Å². The van der Waals surface area contributed by atoms with Crippen LogP contribution in [-0.2, 0) is 6.54 Å². The SMILES string of the molecule is COc1c(CN2CCNCC2)cc(F)c(SC)c1OC. The minimum atomic E-state index is -0.250. The first-order valence-corrected chi connectivity index (χ1v) is 7.84. The van der Waals surface area contributed by atoms with Gasteiger partial charge in [-0.3, -0.25) is 4.90 Å². The molecule has 0 saturated carbocycles. The topological polar surface area (TPSA) is 33.7 Å². The van der Waals surface area contributed by atoms with E-state index in [0.29, 0.717) is 22.9 Å². The molecule has 0 unspecified atom stereocenters. The van der Waals surface area contributed by atoms with Gasteiger partial charge in [-0.05, 0) is 12.3 Å². The van der Waals surface area contributed by atoms with Crippen LogP contribution in [0, 0.1) is 5.82 Å². The molecule has 0 amide bonds. The summed E-state index contributed by atoms with van der Waals surface area (Å²) in [6.45, 7) is 4.51. The van der Waals surface area contributed by atoms with Crippen molar-refractivity contribution in [2.75, 3.05) is 46.7 Å². The first kappa shape index (κ1) is 15.4. The van der Waals surface area contributed by atoms with E-state index in [-0.39, 0.29) is 5.82 Å². The Balaban J connectivity index is 2.33. The fraction of sp³-hybridized carbons (Fsp3) is 0.571. The summed E-state index contributed by atoms with van der Waals surface area (Å²) in [6, 6.07) is 1.56. The van der Waals surface area contributed by atoms with Crippen molar-refractivity contribution in [3.05, 3.63) is 17.4 Å². The van der Waals surface area contributed by atoms with E-state index in [1.165, 1.54) is 11.8 Å². The van der Waals surface area contributed by atoms with E-state index in [2.05, 4.69) is 10.2 Å². The Bertz CT molecular complexity index is 465. The third-order valence-corrected chi connectivity index (χ3v) is 4.23. The molecule has 4 nitrogen and oxygen atoms in total. The molecule has 1 saturated heterocycles. The number of ether oxygens (including phenoxy) is 2. The second kappa shape index (κ2) is 7.15. The van der Waals surface area contributed by atoms with Crippen molar-refractivity contribution >= 4 is 11.8 Å². The lowest BCUT2D eigenvalue weighted by Crippen LogP contribution is -2.42. The highest BCUT2D eigenvalue weighted by atomic mass is 32.2. The van der Waals surface area contributed by atoms with Gasteiger partial charge >= 0.3 is 0 Å². The molecule has 1 aromatic rings. The van der Waals surface area contributed by atoms with E-state index in [1.807, 2.05) is 6.26 Å². The Morgan fingerprint density at radius 3 is 2.45 bits per heavy atom. The Hall–Kier alpha value is -0.980. The normalized spacial score (nSPS) is 16.2. The van der Waals surface area contributed by atoms with Crippen molar-refractivity contribution in [2.24, 2.45) is 0 Å². The number of thioether (sulfide) groups is 1. The summed E-state index contributed by atoms with van der Waals surface area (Å²) in [6.07, 6.45) is 1.83. The summed E-state index contributed by atoms with van der Waals surface area (Å²) < 4.78 is 25.0. The van der Waals surface area contributed by atoms with E-state index >= 15 is 0 Å². The maximum absolute atomic E-state index is 14.2. The molecule has 1 fully saturated rings. The zero-order chi connectivity index (χ0) is 14.5. The highest BCUT2D eigenvalue weighted by molar-refractivity contribution is 7.98. The number of nitrogens with one attached hydrogen (secondary N) is 1. The fourth-order valence-electron chi connectivity index (χ4n) is 2.47. The number of piperazine rings is 1. The first-order valence-electron chi connectivity index (χ1n) is 6.61. The number of benzene rings is 1. The predicted molar refractivity (Wildman–Crippen MR) is 79.4 cm³/mol. The molecule has 2 rings (SSSR count). The van der Waals surface area contributed by atoms with Crippen molar-refractivity contribution in [1.29, 1.82) is 0 Å². The molecular formula is C14H21FN2O2S. The number of hydrogen-bond acceptors (Lipinski definition) is 5. The first-order chi connectivity index (χ1) is 9.71. The van der Waals surface area contributed by atoms with Gasteiger partial charge in [-0.15, -0.1) is 11.8 Å². The van der Waals surface area contributed by atoms with Crippen LogP contribution in [-0.4, -0.2) is 51.6 Å². The van der Waals surface area contributed by atoms with E-state index in [9.17, 15) is 4.39 Å². The molecule has 1 aliphatic heterocycles. The van der Waals surface area contributed by atoms with Crippen LogP contribution in [0.4, 0.5) is 4.39 Å². The van der Waals surface area contributed by atoms with Crippen LogP contribution < -0.4 is 14.8 Å². The maximum Gasteiger partial charge on any atom is 0.177 e. The highest BCUT2D eigenvalue weighted by Crippen LogP contribution is 2.41. The van der Waals surface area contributed by atoms with Crippen LogP contribution in [0.3, 0.4) is 0 Å². The second-order valence-corrected chi connectivity index (χ2v) is 5.46. The third-order valence-electron chi connectivity index (χ3n) is 3.44. The molecular weight excluding hydrogens is 279 g/mol. The maximum atomic E-state index is 14.2. The molecule has 112 valence electrons. The fourth-order valence-corrected chi connectivity index (χ4v) is 3.08. The van der Waals surface area contributed by atoms with Gasteiger partial charge < -0.3 is 14.8 Å². The van der Waals surface area contributed by atoms with Crippen LogP contribution in [0.25, 0.3) is 0 Å². The Kier molecular flexibility index (Phi) is 5.51. The standard InChI is InChI=1S/C14H21FN2O2S/c1-18-12-10(9-17-6-4-16-5-7-17)8-11(15)14(20-3)13(12)19-2/h8,16H,4-7,9H2,1-3H3. The molecule has 0 spiro atoms. The van der Waals surface area contributed by atoms with Gasteiger partial charge in [0.25, 0.3) is 0 Å². The number of nitrogens with zero attached hydrogens (tertiary/aromatic N) is 1. The number of rotatable bonds is 5. The van der Waals surface area contributed by atoms with Gasteiger partial charge in [-0.2, -0.15) is 0 Å². The largest absolute Gasteiger partial charge is 0.492 e. The molecule has 1 aromatic carbocycles. The zero-order valence-corrected chi connectivity index (χ0v) is 13.0. The minimum absolute atomic E-state index is 0.250. The molecule has 1 aliphatic rings. The molecule has 6 heteroatoms. The van der Waals surface area contributed by atoms with Crippen LogP contribution in [0.15, 0.2) is 11.0 Å². The Morgan fingerprint density at radius 1 is 1.25 bits per heavy atom. The molecule has 0 atom stereocenters. The van der Waals surface area contributed by atoms with Crippen molar-refractivity contribution in [1.82, 2.24) is 10.2 Å². The van der Waals surface area contributed by atoms with E-state index in [0.717, 1.165) is 31.7 Å². The van der Waals surface area contributed by atoms with Crippen LogP contribution >= 0.6 is 11.8 Å². The van der Waals surface area contributed by atoms with Gasteiger partial charge in [-0.1, -0.05) is 0 Å². The summed E-state index contributed by atoms with van der Waals surface area (Å²) in [7, 11) is 3.15. The molecule has 0 aliphatic carbocycles. The lowest BCUT2D eigenvalue weighted by atomic mass is 10.1. The molecule has 1 N–H and O–H groups in total. The van der Waals surface area contributed by atoms with Gasteiger partial charge in [0.15, 0.2) is 11.5 Å². The van der Waals surface area contributed by atoms with Crippen molar-refractivity contribution < 1.29 is 13.9 Å². The van der Waals surface area contributed by atoms with E-state index < -0.39 is 0 Å². The molecule has 0 radical (unpaired) electrons. The smallest absolute Gasteiger partial charge is 0.177 e. The third kappa shape index (κ3) is 3.19. The monoisotopic (exact) mass is 300 g/mol. The molecule has 20 heavy (non-hydrogen) atoms. The summed E-state index contributed by atoms with van der Waals surface area (Å²) >= 11 is 1.33. The Labute approximate surface area is 123 Å². The van der Waals surface area contributed by atoms with Crippen LogP contribution in [0.2, 0.25) is 0 Å². The average molecular weight is 300 g/mol. The quantitative estimate of drug-likeness (QED) is 0.841. The van der Waals surface area contributed by atoms with Crippen molar-refractivity contribution in [2.45, 2.75) is 11.4 Å². The summed E-state index contributed by atoms with van der Waals surface area (Å²) in [5, 5.41) is 3.31. The van der Waals surface area contributed by atoms with Crippen molar-refractivity contribution in [3.63, 3.8) is 0 Å². The zero-order valence-electron chi connectivity index (χ0n) is 12.2. The number of hydrogen-bond donors (Lipinski definition) is 1. The van der Waals surface area contributed by atoms with Gasteiger partial charge in [-0.25, -0.2) is 4.39 Å². The van der Waals surface area contributed by atoms with Gasteiger partial charge in [0, 0.05) is 38.3 Å². The van der Waals surface area contributed by atoms with Gasteiger partial charge in [0.2, 0.25) is 0 Å². The number of halogens is 1. The second-order valence-electron chi connectivity index (χ2n) is 4.64. The van der Waals surface area contributed by atoms with Gasteiger partial charge in [0.05, 0.1) is 19.1 Å². The average Bonchev–Trinajstić information content (AvgIpc) is 2.47. The molecule has 1 heterocycles. The van der Waals surface area contributed by atoms with Gasteiger partial charge in [0.1, 0.15) is 5.82 Å². The molecule has 0 aromatic heterocycles. The van der Waals surface area contributed by atoms with Crippen LogP contribution in [0.1, 0.15) is 5.56 Å². The molecule has 0 bridgehead atoms. The van der Waals surface area contributed by atoms with E-state index in [1.54, 1.807) is 20.3 Å². The van der Waals surface area contributed by atoms with E-state index in [4.69, 9.17) is 9.47 Å². The number of methoxy groups -OCH3 is 2. The lowest BCUT2D eigenvalue weighted by Gasteiger charge is -2.28. The Morgan fingerprint density at radius 2 is 1.90 bits per heavy atom. The summed E-state index contributed by atoms with van der Waals surface area (Å²) in [5.41, 5.74) is 0.835. The minimum Gasteiger partial charge on any atom is -0.492 e. The highest BCUT2D eigenvalue weighted by Gasteiger charge is 2.21. The summed E-state index contributed by atoms with van der Waals surface area (Å²) in [4.78, 5) is 2.78. The van der Waals surface area contributed by atoms with Crippen molar-refractivity contribution in [3.8, 4) is 11.5 Å².